The second-order valence-corrected chi connectivity index (χ2v) is 14.4. The minimum absolute atomic E-state index is 0.00926. The Kier molecular flexibility index (Phi) is 13.8. The van der Waals surface area contributed by atoms with Gasteiger partial charge < -0.3 is 30.9 Å². The summed E-state index contributed by atoms with van der Waals surface area (Å²) < 4.78 is 14.8. The van der Waals surface area contributed by atoms with Gasteiger partial charge in [-0.3, -0.25) is 9.59 Å². The fraction of sp³-hybridized carbons (Fsp3) is 0.341. The van der Waals surface area contributed by atoms with Gasteiger partial charge in [-0.05, 0) is 75.4 Å². The van der Waals surface area contributed by atoms with Crippen molar-refractivity contribution in [1.82, 2.24) is 25.5 Å². The molecular formula is C41H47N7O5S. The lowest BCUT2D eigenvalue weighted by molar-refractivity contribution is -0.245. The van der Waals surface area contributed by atoms with Crippen molar-refractivity contribution < 1.29 is 24.2 Å². The number of hydrogen-bond acceptors (Lipinski definition) is 10. The number of tetrazole rings is 1. The zero-order valence-corrected chi connectivity index (χ0v) is 31.2. The van der Waals surface area contributed by atoms with Crippen molar-refractivity contribution in [2.75, 3.05) is 16.8 Å². The van der Waals surface area contributed by atoms with E-state index in [2.05, 4.69) is 50.4 Å². The summed E-state index contributed by atoms with van der Waals surface area (Å²) in [5.41, 5.74) is 12.9. The number of carbonyl (C=O) groups excluding carboxylic acids is 2. The lowest BCUT2D eigenvalue weighted by Crippen LogP contribution is -2.31. The van der Waals surface area contributed by atoms with Gasteiger partial charge >= 0.3 is 0 Å². The van der Waals surface area contributed by atoms with Crippen LogP contribution in [0.5, 0.6) is 0 Å². The van der Waals surface area contributed by atoms with Crippen LogP contribution in [0.1, 0.15) is 79.6 Å². The van der Waals surface area contributed by atoms with E-state index in [1.54, 1.807) is 28.6 Å². The molecule has 0 radical (unpaired) electrons. The average Bonchev–Trinajstić information content (AvgIpc) is 3.62. The Morgan fingerprint density at radius 3 is 2.33 bits per heavy atom. The first kappa shape index (κ1) is 38.6. The molecule has 12 nitrogen and oxygen atoms in total. The van der Waals surface area contributed by atoms with Crippen LogP contribution in [-0.4, -0.2) is 49.0 Å². The smallest absolute Gasteiger partial charge is 0.224 e. The minimum Gasteiger partial charge on any atom is -0.397 e. The number of ether oxygens (including phenoxy) is 2. The van der Waals surface area contributed by atoms with Crippen LogP contribution in [0.15, 0.2) is 102 Å². The molecule has 3 atom stereocenters. The number of nitrogen functional groups attached to an aromatic ring is 1. The lowest BCUT2D eigenvalue weighted by atomic mass is 9.99. The monoisotopic (exact) mass is 749 g/mol. The molecular weight excluding hydrogens is 703 g/mol. The Balaban J connectivity index is 1.00. The molecule has 1 saturated heterocycles. The molecule has 0 aliphatic carbocycles. The summed E-state index contributed by atoms with van der Waals surface area (Å²) in [6.45, 7) is 0.418. The van der Waals surface area contributed by atoms with Gasteiger partial charge in [-0.1, -0.05) is 97.4 Å². The van der Waals surface area contributed by atoms with Crippen LogP contribution >= 0.6 is 11.8 Å². The number of aromatic nitrogens is 4. The summed E-state index contributed by atoms with van der Waals surface area (Å²) in [5.74, 6) is 0.605. The van der Waals surface area contributed by atoms with E-state index in [1.807, 2.05) is 67.7 Å². The van der Waals surface area contributed by atoms with E-state index >= 15 is 0 Å². The largest absolute Gasteiger partial charge is 0.397 e. The van der Waals surface area contributed by atoms with Gasteiger partial charge in [-0.25, -0.2) is 4.68 Å². The van der Waals surface area contributed by atoms with E-state index in [1.165, 1.54) is 0 Å². The molecule has 2 heterocycles. The van der Waals surface area contributed by atoms with Gasteiger partial charge in [-0.15, -0.1) is 5.10 Å². The molecule has 2 amide bonds. The van der Waals surface area contributed by atoms with E-state index in [9.17, 15) is 14.7 Å². The Hall–Kier alpha value is -5.08. The Bertz CT molecular complexity index is 1990. The molecule has 5 aromatic rings. The number of thioether (sulfide) groups is 1. The highest BCUT2D eigenvalue weighted by atomic mass is 32.2. The van der Waals surface area contributed by atoms with Gasteiger partial charge in [0.05, 0.1) is 30.2 Å². The number of benzene rings is 4. The van der Waals surface area contributed by atoms with Crippen LogP contribution in [0, 0.1) is 0 Å². The summed E-state index contributed by atoms with van der Waals surface area (Å²) in [6, 6.07) is 31.4. The summed E-state index contributed by atoms with van der Waals surface area (Å²) >= 11 is 1.54. The molecule has 6 rings (SSSR count). The first-order valence-corrected chi connectivity index (χ1v) is 19.3. The molecule has 0 bridgehead atoms. The first-order chi connectivity index (χ1) is 26.3. The van der Waals surface area contributed by atoms with Crippen molar-refractivity contribution in [1.29, 1.82) is 0 Å². The number of nitrogens with zero attached hydrogens (tertiary/aromatic N) is 4. The summed E-state index contributed by atoms with van der Waals surface area (Å²) in [6.07, 6.45) is 3.87. The van der Waals surface area contributed by atoms with Gasteiger partial charge in [0, 0.05) is 44.2 Å². The summed E-state index contributed by atoms with van der Waals surface area (Å²) in [5, 5.41) is 28.0. The Morgan fingerprint density at radius 2 is 1.59 bits per heavy atom. The third-order valence-electron chi connectivity index (χ3n) is 9.30. The maximum Gasteiger partial charge on any atom is 0.224 e. The number of nitrogens with two attached hydrogens (primary N) is 1. The number of aliphatic hydroxyl groups is 1. The van der Waals surface area contributed by atoms with Crippen molar-refractivity contribution in [2.45, 2.75) is 81.8 Å². The van der Waals surface area contributed by atoms with Crippen LogP contribution in [0.3, 0.4) is 0 Å². The maximum absolute atomic E-state index is 12.6. The molecule has 1 aromatic heterocycles. The number of nitrogens with one attached hydrogen (secondary N) is 2. The normalized spacial score (nSPS) is 16.9. The molecule has 54 heavy (non-hydrogen) atoms. The van der Waals surface area contributed by atoms with Gasteiger partial charge in [-0.2, -0.15) is 0 Å². The third kappa shape index (κ3) is 11.0. The number of hydrogen-bond donors (Lipinski definition) is 4. The summed E-state index contributed by atoms with van der Waals surface area (Å²) in [4.78, 5) is 24.9. The summed E-state index contributed by atoms with van der Waals surface area (Å²) in [7, 11) is 1.82. The lowest BCUT2D eigenvalue weighted by Gasteiger charge is -2.36. The minimum atomic E-state index is -0.599. The zero-order chi connectivity index (χ0) is 37.7. The molecule has 1 aliphatic rings. The third-order valence-corrected chi connectivity index (χ3v) is 10.4. The van der Waals surface area contributed by atoms with Crippen LogP contribution in [0.4, 0.5) is 11.4 Å². The standard InChI is InChI=1S/C41H47N7O5S/c1-48-41(45-46-47-48)54-27-34-24-37(30-20-18-28(26-49)19-21-30)53-40(52-34)33-13-9-12-32(23-33)31-11-8-10-29(22-31)25-43-38(50)16-4-2-3-5-17-39(51)44-36-15-7-6-14-35(36)42/h6-15,18-23,34,37,40,49H,2-5,16-17,24-27,42H2,1H3,(H,43,50)(H,44,51)/t34-,37+,40+/m1/s1. The Morgan fingerprint density at radius 1 is 0.852 bits per heavy atom. The number of aliphatic hydroxyl groups excluding tert-OH is 1. The van der Waals surface area contributed by atoms with Crippen molar-refractivity contribution >= 4 is 35.0 Å². The van der Waals surface area contributed by atoms with Crippen LogP contribution in [0.25, 0.3) is 11.1 Å². The molecule has 0 unspecified atom stereocenters. The van der Waals surface area contributed by atoms with E-state index in [0.29, 0.717) is 48.1 Å². The van der Waals surface area contributed by atoms with Crippen molar-refractivity contribution in [2.24, 2.45) is 7.05 Å². The number of unbranched alkanes of at least 4 members (excludes halogenated alkanes) is 3. The highest BCUT2D eigenvalue weighted by Crippen LogP contribution is 2.40. The molecule has 1 aliphatic heterocycles. The highest BCUT2D eigenvalue weighted by Gasteiger charge is 2.32. The molecule has 1 fully saturated rings. The highest BCUT2D eigenvalue weighted by molar-refractivity contribution is 7.99. The van der Waals surface area contributed by atoms with Gasteiger partial charge in [0.1, 0.15) is 0 Å². The van der Waals surface area contributed by atoms with Crippen LogP contribution < -0.4 is 16.4 Å². The Labute approximate surface area is 319 Å². The van der Waals surface area contributed by atoms with Crippen molar-refractivity contribution in [3.05, 3.63) is 119 Å². The number of anilines is 2. The van der Waals surface area contributed by atoms with E-state index in [0.717, 1.165) is 59.1 Å². The van der Waals surface area contributed by atoms with E-state index in [-0.39, 0.29) is 30.6 Å². The van der Waals surface area contributed by atoms with Crippen LogP contribution in [0.2, 0.25) is 0 Å². The quantitative estimate of drug-likeness (QED) is 0.0447. The average molecular weight is 750 g/mol. The van der Waals surface area contributed by atoms with Crippen molar-refractivity contribution in [3.63, 3.8) is 0 Å². The van der Waals surface area contributed by atoms with Gasteiger partial charge in [0.15, 0.2) is 6.29 Å². The molecule has 5 N–H and O–H groups in total. The number of amides is 2. The molecule has 282 valence electrons. The van der Waals surface area contributed by atoms with Crippen LogP contribution in [-0.2, 0) is 39.3 Å². The number of aryl methyl sites for hydroxylation is 1. The van der Waals surface area contributed by atoms with Crippen molar-refractivity contribution in [3.8, 4) is 11.1 Å². The predicted molar refractivity (Wildman–Crippen MR) is 209 cm³/mol. The second-order valence-electron chi connectivity index (χ2n) is 13.4. The fourth-order valence-corrected chi connectivity index (χ4v) is 7.16. The fourth-order valence-electron chi connectivity index (χ4n) is 6.30. The molecule has 4 aromatic carbocycles. The number of carbonyl (C=O) groups is 2. The van der Waals surface area contributed by atoms with Gasteiger partial charge in [0.25, 0.3) is 0 Å². The van der Waals surface area contributed by atoms with E-state index in [4.69, 9.17) is 15.2 Å². The molecule has 0 spiro atoms. The zero-order valence-electron chi connectivity index (χ0n) is 30.4. The molecule has 13 heteroatoms. The van der Waals surface area contributed by atoms with E-state index < -0.39 is 6.29 Å². The number of rotatable bonds is 17. The SMILES string of the molecule is Cn1nnnc1SC[C@H]1C[C@@H](c2ccc(CO)cc2)O[C@@H](c2cccc(-c3cccc(CNC(=O)CCCCCCC(=O)Nc4ccccc4N)c3)c2)O1. The second kappa shape index (κ2) is 19.3. The van der Waals surface area contributed by atoms with Gasteiger partial charge in [0.2, 0.25) is 17.0 Å². The predicted octanol–water partition coefficient (Wildman–Crippen LogP) is 6.88. The number of para-hydroxylation sites is 2. The first-order valence-electron chi connectivity index (χ1n) is 18.3. The molecule has 0 saturated carbocycles. The maximum atomic E-state index is 12.6. The topological polar surface area (TPSA) is 167 Å².